The summed E-state index contributed by atoms with van der Waals surface area (Å²) in [5.74, 6) is -0.720. The first-order valence-electron chi connectivity index (χ1n) is 25.2. The molecule has 1 aliphatic heterocycles. The predicted octanol–water partition coefficient (Wildman–Crippen LogP) is 15.2. The molecule has 0 N–H and O–H groups in total. The summed E-state index contributed by atoms with van der Waals surface area (Å²) in [6.45, 7) is 20.8. The minimum Gasteiger partial charge on any atom is -0.462 e. The number of esters is 2. The number of carbonyl (C=O) groups is 2. The van der Waals surface area contributed by atoms with E-state index in [4.69, 9.17) is 9.47 Å². The minimum absolute atomic E-state index is 0.304. The number of halogens is 8. The second-order valence-electron chi connectivity index (χ2n) is 16.8. The third-order valence-electron chi connectivity index (χ3n) is 10.8. The molecule has 0 radical (unpaired) electrons. The van der Waals surface area contributed by atoms with Gasteiger partial charge in [-0.05, 0) is 86.7 Å². The van der Waals surface area contributed by atoms with Crippen LogP contribution in [0.5, 0.6) is 0 Å². The largest absolute Gasteiger partial charge is 0.673 e. The molecule has 0 saturated carbocycles. The van der Waals surface area contributed by atoms with Gasteiger partial charge in [0.05, 0.1) is 36.0 Å². The lowest BCUT2D eigenvalue weighted by atomic mass is 10.1. The fraction of sp³-hybridized carbons (Fsp3) is 0.200. The van der Waals surface area contributed by atoms with Crippen molar-refractivity contribution < 1.29 is 67.5 Å². The Balaban J connectivity index is 0.000000288. The number of carbonyl (C=O) groups excluding carboxylic acids is 2. The molecule has 7 aromatic rings. The first-order valence-corrected chi connectivity index (χ1v) is 25.2. The molecule has 9 nitrogen and oxygen atoms in total. The number of anilines is 5. The summed E-state index contributed by atoms with van der Waals surface area (Å²) in [6, 6.07) is 56.7. The van der Waals surface area contributed by atoms with Crippen molar-refractivity contribution in [2.24, 2.45) is 0 Å². The fourth-order valence-electron chi connectivity index (χ4n) is 7.18. The standard InChI is InChI=1S/C26H26N2O2.C19H20N2.C8H8.C7H12O3.2BF4/c1-20(2)26(29)30-19-11-10-18-27-22-14-6-8-16-24(22)28(21-12-4-3-5-13-21)25-17-9-7-15-23(25)27;1-2-20-12-8-18(9-13-20)19-10-14-21(15-11-19)16-17-6-4-3-5-7-17;1-2-8-6-4-3-5-7-8;1-3-7(8)10-6-5-9-4-2;2*2-1(3,4)5/h3-9,12-17H,1,10-11,18-19H2,2H3;3-15H,2,16H2,1H3;2-7H,1H2;3H,1,4-6H2,2H3;;/q;+2;;;2*-1. The number of fused-ring (bicyclic) bond motifs is 2. The van der Waals surface area contributed by atoms with Crippen LogP contribution in [0.4, 0.5) is 63.0 Å². The van der Waals surface area contributed by atoms with Crippen molar-refractivity contribution in [3.8, 4) is 11.1 Å². The lowest BCUT2D eigenvalue weighted by Crippen LogP contribution is -2.33. The molecule has 0 amide bonds. The third-order valence-corrected chi connectivity index (χ3v) is 10.8. The van der Waals surface area contributed by atoms with E-state index in [2.05, 4.69) is 203 Å². The number of aryl methyl sites for hydroxylation is 1. The molecule has 2 aromatic heterocycles. The highest BCUT2D eigenvalue weighted by Crippen LogP contribution is 2.51. The monoisotopic (exact) mass is 1100 g/mol. The summed E-state index contributed by atoms with van der Waals surface area (Å²) in [4.78, 5) is 26.6. The van der Waals surface area contributed by atoms with Gasteiger partial charge in [-0.2, -0.15) is 0 Å². The summed E-state index contributed by atoms with van der Waals surface area (Å²) in [7, 11) is -12.0. The lowest BCUT2D eigenvalue weighted by Gasteiger charge is -2.40. The van der Waals surface area contributed by atoms with Gasteiger partial charge in [0.2, 0.25) is 0 Å². The van der Waals surface area contributed by atoms with E-state index in [1.165, 1.54) is 33.6 Å². The zero-order chi connectivity index (χ0) is 58.1. The van der Waals surface area contributed by atoms with Crippen LogP contribution in [-0.2, 0) is 36.9 Å². The first-order chi connectivity index (χ1) is 37.8. The number of hydrogen-bond acceptors (Lipinski definition) is 7. The number of para-hydroxylation sites is 5. The Kier molecular flexibility index (Phi) is 28.9. The zero-order valence-corrected chi connectivity index (χ0v) is 44.5. The van der Waals surface area contributed by atoms with Gasteiger partial charge in [0.15, 0.2) is 31.3 Å². The van der Waals surface area contributed by atoms with E-state index in [1.807, 2.05) is 49.4 Å². The molecule has 3 heterocycles. The fourth-order valence-corrected chi connectivity index (χ4v) is 7.18. The van der Waals surface area contributed by atoms with Gasteiger partial charge in [-0.3, -0.25) is 0 Å². The van der Waals surface area contributed by atoms with E-state index in [9.17, 15) is 44.1 Å². The Morgan fingerprint density at radius 2 is 1.00 bits per heavy atom. The van der Waals surface area contributed by atoms with Crippen molar-refractivity contribution in [2.75, 3.05) is 42.8 Å². The molecule has 19 heteroatoms. The van der Waals surface area contributed by atoms with Crippen molar-refractivity contribution in [3.63, 3.8) is 0 Å². The van der Waals surface area contributed by atoms with Crippen LogP contribution in [0.1, 0.15) is 44.7 Å². The van der Waals surface area contributed by atoms with Crippen LogP contribution in [0.25, 0.3) is 17.2 Å². The number of rotatable bonds is 17. The predicted molar refractivity (Wildman–Crippen MR) is 301 cm³/mol. The van der Waals surface area contributed by atoms with Gasteiger partial charge in [-0.25, -0.2) is 18.7 Å². The Bertz CT molecular complexity index is 2810. The van der Waals surface area contributed by atoms with Crippen molar-refractivity contribution in [1.29, 1.82) is 0 Å². The first kappa shape index (κ1) is 65.0. The molecule has 0 atom stereocenters. The quantitative estimate of drug-likeness (QED) is 0.0225. The molecule has 0 bridgehead atoms. The second kappa shape index (κ2) is 35.2. The molecule has 1 aliphatic rings. The van der Waals surface area contributed by atoms with Gasteiger partial charge in [-0.1, -0.05) is 129 Å². The Morgan fingerprint density at radius 1 is 0.557 bits per heavy atom. The maximum atomic E-state index is 11.6. The maximum Gasteiger partial charge on any atom is 0.673 e. The third kappa shape index (κ3) is 26.5. The summed E-state index contributed by atoms with van der Waals surface area (Å²) in [6.07, 6.45) is 13.2. The molecular weight excluding hydrogens is 1030 g/mol. The molecule has 0 aliphatic carbocycles. The van der Waals surface area contributed by atoms with E-state index in [-0.39, 0.29) is 5.97 Å². The van der Waals surface area contributed by atoms with E-state index < -0.39 is 20.5 Å². The smallest absolute Gasteiger partial charge is 0.462 e. The van der Waals surface area contributed by atoms with Crippen molar-refractivity contribution in [2.45, 2.75) is 46.7 Å². The highest BCUT2D eigenvalue weighted by Gasteiger charge is 2.28. The summed E-state index contributed by atoms with van der Waals surface area (Å²) in [5, 5.41) is 0. The highest BCUT2D eigenvalue weighted by atomic mass is 19.5. The number of nitrogens with zero attached hydrogens (tertiary/aromatic N) is 4. The molecule has 0 saturated heterocycles. The maximum absolute atomic E-state index is 11.6. The van der Waals surface area contributed by atoms with Gasteiger partial charge >= 0.3 is 26.4 Å². The zero-order valence-electron chi connectivity index (χ0n) is 44.5. The number of pyridine rings is 2. The Hall–Kier alpha value is -8.31. The van der Waals surface area contributed by atoms with Crippen LogP contribution >= 0.6 is 0 Å². The second-order valence-corrected chi connectivity index (χ2v) is 16.8. The van der Waals surface area contributed by atoms with Gasteiger partial charge in [-0.15, -0.1) is 0 Å². The van der Waals surface area contributed by atoms with E-state index >= 15 is 0 Å². The molecule has 0 unspecified atom stereocenters. The lowest BCUT2D eigenvalue weighted by molar-refractivity contribution is -0.693. The SMILES string of the molecule is C=C(C)C(=O)OCCCCN1c2ccccc2N(c2ccccc2)c2ccccc21.C=CC(=O)OCCOCC.C=Cc1ccccc1.CC[n+]1ccc(-c2cc[n+](Cc3ccccc3)cc2)cc1.F[B-](F)(F)F.F[B-](F)(F)F. The van der Waals surface area contributed by atoms with Crippen LogP contribution in [0.15, 0.2) is 220 Å². The Labute approximate surface area is 458 Å². The molecule has 5 aromatic carbocycles. The van der Waals surface area contributed by atoms with E-state index in [1.54, 1.807) is 6.92 Å². The topological polar surface area (TPSA) is 76.1 Å². The summed E-state index contributed by atoms with van der Waals surface area (Å²) in [5.41, 5.74) is 11.3. The van der Waals surface area contributed by atoms with Crippen molar-refractivity contribution in [1.82, 2.24) is 0 Å². The molecule has 0 fully saturated rings. The number of aromatic nitrogens is 2. The highest BCUT2D eigenvalue weighted by molar-refractivity contribution is 6.50. The summed E-state index contributed by atoms with van der Waals surface area (Å²) >= 11 is 0. The van der Waals surface area contributed by atoms with Crippen LogP contribution in [0.2, 0.25) is 0 Å². The molecule has 0 spiro atoms. The summed E-state index contributed by atoms with van der Waals surface area (Å²) < 4.78 is 97.1. The molecule has 418 valence electrons. The minimum atomic E-state index is -6.00. The van der Waals surface area contributed by atoms with E-state index in [0.29, 0.717) is 32.0 Å². The number of benzene rings is 5. The van der Waals surface area contributed by atoms with Crippen LogP contribution in [-0.4, -0.2) is 59.4 Å². The van der Waals surface area contributed by atoms with Gasteiger partial charge in [0.25, 0.3) is 0 Å². The Morgan fingerprint density at radius 3 is 1.43 bits per heavy atom. The average molecular weight is 1100 g/mol. The van der Waals surface area contributed by atoms with E-state index in [0.717, 1.165) is 55.6 Å². The van der Waals surface area contributed by atoms with Gasteiger partial charge in [0, 0.05) is 60.3 Å². The number of ether oxygens (including phenoxy) is 3. The molecular formula is C60H66B2F8N4O5. The van der Waals surface area contributed by atoms with Crippen LogP contribution in [0.3, 0.4) is 0 Å². The van der Waals surface area contributed by atoms with Crippen molar-refractivity contribution >= 4 is 61.0 Å². The van der Waals surface area contributed by atoms with Gasteiger partial charge in [0.1, 0.15) is 13.2 Å². The normalized spacial score (nSPS) is 10.9. The molecule has 79 heavy (non-hydrogen) atoms. The number of hydrogen-bond donors (Lipinski definition) is 0. The number of unbranched alkanes of at least 4 members (excludes halogenated alkanes) is 1. The average Bonchev–Trinajstić information content (AvgIpc) is 3.57. The van der Waals surface area contributed by atoms with Crippen LogP contribution < -0.4 is 18.9 Å². The van der Waals surface area contributed by atoms with Crippen LogP contribution in [0, 0.1) is 0 Å². The molecule has 8 rings (SSSR count). The van der Waals surface area contributed by atoms with Gasteiger partial charge < -0.3 is 58.5 Å². The van der Waals surface area contributed by atoms with Crippen molar-refractivity contribution in [3.05, 3.63) is 231 Å².